The van der Waals surface area contributed by atoms with Crippen LogP contribution < -0.4 is 21.8 Å². The number of hydrogen-bond acceptors (Lipinski definition) is 11. The maximum absolute atomic E-state index is 12.5. The minimum Gasteiger partial charge on any atom is -0.481 e. The second kappa shape index (κ2) is 17.1. The van der Waals surface area contributed by atoms with Gasteiger partial charge in [-0.1, -0.05) is 60.7 Å². The van der Waals surface area contributed by atoms with Gasteiger partial charge in [0.1, 0.15) is 0 Å². The minimum atomic E-state index is -0.833. The van der Waals surface area contributed by atoms with E-state index in [4.69, 9.17) is 15.6 Å². The molecule has 2 amide bonds. The number of nitrogens with zero attached hydrogens (tertiary/aromatic N) is 3. The predicted molar refractivity (Wildman–Crippen MR) is 217 cm³/mol. The van der Waals surface area contributed by atoms with E-state index < -0.39 is 5.97 Å². The van der Waals surface area contributed by atoms with E-state index in [1.54, 1.807) is 18.2 Å². The zero-order valence-corrected chi connectivity index (χ0v) is 31.9. The van der Waals surface area contributed by atoms with Gasteiger partial charge in [-0.25, -0.2) is 10.2 Å². The summed E-state index contributed by atoms with van der Waals surface area (Å²) < 4.78 is 4.37. The van der Waals surface area contributed by atoms with Crippen LogP contribution in [0, 0.1) is 23.7 Å². The topological polar surface area (TPSA) is 236 Å². The molecule has 5 N–H and O–H groups in total. The molecule has 0 spiro atoms. The first-order valence-electron chi connectivity index (χ1n) is 19.1. The van der Waals surface area contributed by atoms with Crippen molar-refractivity contribution in [2.75, 3.05) is 10.6 Å². The van der Waals surface area contributed by atoms with Crippen LogP contribution in [0.15, 0.2) is 107 Å². The van der Waals surface area contributed by atoms with Gasteiger partial charge in [-0.3, -0.25) is 38.5 Å². The van der Waals surface area contributed by atoms with Gasteiger partial charge in [0, 0.05) is 36.2 Å². The van der Waals surface area contributed by atoms with Gasteiger partial charge in [0.15, 0.2) is 0 Å². The Balaban J connectivity index is 0.000000142. The molecule has 4 aliphatic rings. The van der Waals surface area contributed by atoms with Crippen molar-refractivity contribution in [3.8, 4) is 0 Å². The van der Waals surface area contributed by atoms with Gasteiger partial charge in [0.2, 0.25) is 11.8 Å². The first kappa shape index (κ1) is 39.9. The highest BCUT2D eigenvalue weighted by Crippen LogP contribution is 2.44. The summed E-state index contributed by atoms with van der Waals surface area (Å²) in [4.78, 5) is 80.2. The van der Waals surface area contributed by atoms with Crippen LogP contribution in [-0.2, 0) is 41.6 Å². The average molecular weight is 797 g/mol. The summed E-state index contributed by atoms with van der Waals surface area (Å²) >= 11 is 0. The van der Waals surface area contributed by atoms with Crippen LogP contribution in [0.5, 0.6) is 0 Å². The first-order chi connectivity index (χ1) is 28.4. The number of nitrogens with one attached hydrogen (secondary N) is 2. The molecule has 15 heteroatoms. The van der Waals surface area contributed by atoms with Crippen LogP contribution in [0.1, 0.15) is 55.1 Å². The lowest BCUT2D eigenvalue weighted by atomic mass is 9.76. The first-order valence-corrected chi connectivity index (χ1v) is 19.1. The fourth-order valence-corrected chi connectivity index (χ4v) is 7.61. The summed E-state index contributed by atoms with van der Waals surface area (Å²) in [5.41, 5.74) is 10.3. The van der Waals surface area contributed by atoms with Crippen LogP contribution in [-0.4, -0.2) is 55.2 Å². The fourth-order valence-electron chi connectivity index (χ4n) is 7.61. The largest absolute Gasteiger partial charge is 0.481 e. The average Bonchev–Trinajstić information content (AvgIpc) is 3.47. The molecule has 2 aromatic heterocycles. The molecular weight excluding hydrogens is 757 g/mol. The Bertz CT molecular complexity index is 2700. The molecule has 2 aliphatic heterocycles. The maximum atomic E-state index is 12.5. The number of anilines is 2. The zero-order valence-electron chi connectivity index (χ0n) is 31.9. The maximum Gasteiger partial charge on any atom is 0.317 e. The minimum absolute atomic E-state index is 0.0718. The molecule has 4 fully saturated rings. The number of aromatic amines is 2. The van der Waals surface area contributed by atoms with E-state index in [1.165, 1.54) is 4.90 Å². The summed E-state index contributed by atoms with van der Waals surface area (Å²) in [5.74, 6) is -2.03. The SMILES string of the molecule is CC(=O)O.Nc1cccc(Cc2n[nH]c(=O)c3ccccc23)c1.O=C1C2CCC2C(=O)N1c1cccc(Cc2n[nH]c(=O)c3ccccc23)c1.O=C1OC(=O)C2CCC12. The fraction of sp³-hybridized carbons (Fsp3) is 0.250. The van der Waals surface area contributed by atoms with Crippen molar-refractivity contribution >= 4 is 62.6 Å². The van der Waals surface area contributed by atoms with Gasteiger partial charge in [-0.05, 0) is 73.2 Å². The number of H-pyrrole nitrogens is 2. The molecule has 2 aliphatic carbocycles. The van der Waals surface area contributed by atoms with Gasteiger partial charge in [-0.2, -0.15) is 10.2 Å². The van der Waals surface area contributed by atoms with Gasteiger partial charge < -0.3 is 15.6 Å². The Kier molecular flexibility index (Phi) is 11.5. The van der Waals surface area contributed by atoms with Crippen molar-refractivity contribution in [2.24, 2.45) is 23.7 Å². The molecule has 4 heterocycles. The predicted octanol–water partition coefficient (Wildman–Crippen LogP) is 4.70. The third kappa shape index (κ3) is 8.54. The Hall–Kier alpha value is -7.29. The highest BCUT2D eigenvalue weighted by molar-refractivity contribution is 6.22. The Morgan fingerprint density at radius 3 is 1.49 bits per heavy atom. The van der Waals surface area contributed by atoms with E-state index in [0.717, 1.165) is 71.6 Å². The highest BCUT2D eigenvalue weighted by atomic mass is 16.6. The number of benzene rings is 4. The number of esters is 2. The quantitative estimate of drug-likeness (QED) is 0.0805. The molecule has 6 aromatic rings. The number of ether oxygens (including phenoxy) is 1. The van der Waals surface area contributed by atoms with Crippen molar-refractivity contribution in [3.63, 3.8) is 0 Å². The van der Waals surface area contributed by atoms with Gasteiger partial charge in [-0.15, -0.1) is 0 Å². The lowest BCUT2D eigenvalue weighted by molar-refractivity contribution is -0.153. The van der Waals surface area contributed by atoms with Crippen molar-refractivity contribution in [1.29, 1.82) is 0 Å². The normalized spacial score (nSPS) is 19.7. The van der Waals surface area contributed by atoms with Crippen molar-refractivity contribution < 1.29 is 33.8 Å². The van der Waals surface area contributed by atoms with E-state index in [-0.39, 0.29) is 58.5 Å². The van der Waals surface area contributed by atoms with Crippen LogP contribution in [0.4, 0.5) is 11.4 Å². The van der Waals surface area contributed by atoms with Crippen molar-refractivity contribution in [1.82, 2.24) is 20.4 Å². The number of imide groups is 1. The van der Waals surface area contributed by atoms with E-state index in [0.29, 0.717) is 29.3 Å². The van der Waals surface area contributed by atoms with E-state index >= 15 is 0 Å². The molecule has 4 unspecified atom stereocenters. The van der Waals surface area contributed by atoms with Gasteiger partial charge in [0.25, 0.3) is 17.1 Å². The number of nitrogen functional groups attached to an aromatic ring is 1. The summed E-state index contributed by atoms with van der Waals surface area (Å²) in [6.45, 7) is 1.08. The lowest BCUT2D eigenvalue weighted by Gasteiger charge is -2.23. The van der Waals surface area contributed by atoms with Crippen LogP contribution in [0.2, 0.25) is 0 Å². The van der Waals surface area contributed by atoms with Gasteiger partial charge >= 0.3 is 11.9 Å². The third-order valence-corrected chi connectivity index (χ3v) is 10.8. The number of rotatable bonds is 5. The molecule has 10 rings (SSSR count). The Labute approximate surface area is 336 Å². The number of aliphatic carboxylic acids is 1. The molecule has 0 bridgehead atoms. The number of amides is 2. The standard InChI is InChI=1S/C21H17N3O3.C15H13N3O.C6H6O3.C2H4O2/c25-19-15-7-2-1-6-14(15)18(22-23-19)11-12-4-3-5-13(10-12)24-20(26)16-8-9-17(16)21(24)27;16-11-5-3-4-10(8-11)9-14-12-6-1-2-7-13(12)15(19)18-17-14;7-5-3-1-2-4(3)6(8)9-5;1-2(3)4/h1-7,10,16-17H,8-9,11H2,(H,23,25);1-8H,9,16H2,(H,18,19);3-4H,1-2H2;1H3,(H,3,4). The Morgan fingerprint density at radius 2 is 1.07 bits per heavy atom. The van der Waals surface area contributed by atoms with Crippen LogP contribution >= 0.6 is 0 Å². The highest BCUT2D eigenvalue weighted by Gasteiger charge is 2.53. The Morgan fingerprint density at radius 1 is 0.644 bits per heavy atom. The van der Waals surface area contributed by atoms with Crippen molar-refractivity contribution in [3.05, 3.63) is 140 Å². The second-order valence-electron chi connectivity index (χ2n) is 14.7. The van der Waals surface area contributed by atoms with E-state index in [1.807, 2.05) is 78.9 Å². The third-order valence-electron chi connectivity index (χ3n) is 10.8. The van der Waals surface area contributed by atoms with E-state index in [9.17, 15) is 28.8 Å². The summed E-state index contributed by atoms with van der Waals surface area (Å²) in [6.07, 6.45) is 4.43. The molecule has 2 saturated heterocycles. The number of carbonyl (C=O) groups excluding carboxylic acids is 4. The number of cyclic esters (lactones) is 2. The van der Waals surface area contributed by atoms with Crippen molar-refractivity contribution in [2.45, 2.75) is 45.4 Å². The molecule has 2 saturated carbocycles. The monoisotopic (exact) mass is 796 g/mol. The number of fused-ring (bicyclic) bond motifs is 4. The summed E-state index contributed by atoms with van der Waals surface area (Å²) in [5, 5.41) is 23.8. The number of carbonyl (C=O) groups is 5. The summed E-state index contributed by atoms with van der Waals surface area (Å²) in [6, 6.07) is 29.9. The molecule has 0 radical (unpaired) electrons. The molecule has 4 atom stereocenters. The van der Waals surface area contributed by atoms with E-state index in [2.05, 4.69) is 25.1 Å². The number of nitrogens with two attached hydrogens (primary N) is 1. The zero-order chi connectivity index (χ0) is 41.8. The molecule has 300 valence electrons. The number of hydrogen-bond donors (Lipinski definition) is 4. The number of aromatic nitrogens is 4. The smallest absolute Gasteiger partial charge is 0.317 e. The van der Waals surface area contributed by atoms with Crippen LogP contribution in [0.25, 0.3) is 21.5 Å². The van der Waals surface area contributed by atoms with Crippen LogP contribution in [0.3, 0.4) is 0 Å². The molecular formula is C44H40N6O9. The lowest BCUT2D eigenvalue weighted by Crippen LogP contribution is -2.30. The second-order valence-corrected chi connectivity index (χ2v) is 14.7. The number of carboxylic acid groups (broad SMARTS) is 1. The number of carboxylic acids is 1. The molecule has 15 nitrogen and oxygen atoms in total. The molecule has 4 aromatic carbocycles. The molecule has 59 heavy (non-hydrogen) atoms. The van der Waals surface area contributed by atoms with Gasteiger partial charge in [0.05, 0.1) is 51.5 Å². The summed E-state index contributed by atoms with van der Waals surface area (Å²) in [7, 11) is 0.